The number of hydrogen-bond acceptors (Lipinski definition) is 3. The van der Waals surface area contributed by atoms with Gasteiger partial charge in [0.2, 0.25) is 0 Å². The Kier molecular flexibility index (Phi) is 5.86. The molecule has 0 saturated heterocycles. The van der Waals surface area contributed by atoms with Gasteiger partial charge in [-0.25, -0.2) is 5.06 Å². The zero-order valence-corrected chi connectivity index (χ0v) is 15.0. The molecule has 0 aliphatic carbocycles. The second kappa shape index (κ2) is 7.69. The molecule has 128 valence electrons. The Morgan fingerprint density at radius 3 is 2.42 bits per heavy atom. The smallest absolute Gasteiger partial charge is 0.251 e. The predicted octanol–water partition coefficient (Wildman–Crippen LogP) is 4.43. The first-order valence-electron chi connectivity index (χ1n) is 7.80. The van der Waals surface area contributed by atoms with Gasteiger partial charge in [-0.15, -0.1) is 0 Å². The van der Waals surface area contributed by atoms with E-state index in [1.54, 1.807) is 12.1 Å². The van der Waals surface area contributed by atoms with Crippen molar-refractivity contribution in [2.45, 2.75) is 33.9 Å². The molecular weight excluding hydrogens is 324 g/mol. The van der Waals surface area contributed by atoms with Crippen LogP contribution in [0.1, 0.15) is 31.9 Å². The van der Waals surface area contributed by atoms with Crippen LogP contribution in [-0.4, -0.2) is 11.0 Å². The van der Waals surface area contributed by atoms with E-state index in [4.69, 9.17) is 22.2 Å². The van der Waals surface area contributed by atoms with Gasteiger partial charge in [-0.3, -0.25) is 9.63 Å². The fourth-order valence-corrected chi connectivity index (χ4v) is 2.37. The van der Waals surface area contributed by atoms with Gasteiger partial charge in [-0.1, -0.05) is 68.8 Å². The van der Waals surface area contributed by atoms with Gasteiger partial charge in [-0.2, -0.15) is 0 Å². The number of nitrogens with zero attached hydrogens (tertiary/aromatic N) is 1. The maximum Gasteiger partial charge on any atom is 0.251 e. The van der Waals surface area contributed by atoms with Crippen LogP contribution < -0.4 is 5.73 Å². The highest BCUT2D eigenvalue weighted by Gasteiger charge is 2.28. The minimum atomic E-state index is -0.559. The molecule has 5 heteroatoms. The van der Waals surface area contributed by atoms with Gasteiger partial charge < -0.3 is 5.73 Å². The molecule has 2 aromatic rings. The first-order valence-corrected chi connectivity index (χ1v) is 8.18. The van der Waals surface area contributed by atoms with Crippen LogP contribution in [0.2, 0.25) is 5.02 Å². The molecule has 0 aliphatic rings. The van der Waals surface area contributed by atoms with Crippen molar-refractivity contribution in [1.82, 2.24) is 5.06 Å². The molecule has 0 saturated carbocycles. The number of halogens is 1. The number of carbonyl (C=O) groups is 1. The molecule has 24 heavy (non-hydrogen) atoms. The summed E-state index contributed by atoms with van der Waals surface area (Å²) in [7, 11) is 0. The second-order valence-electron chi connectivity index (χ2n) is 6.70. The van der Waals surface area contributed by atoms with E-state index in [1.807, 2.05) is 57.2 Å². The summed E-state index contributed by atoms with van der Waals surface area (Å²) in [6.07, 6.45) is 0. The van der Waals surface area contributed by atoms with E-state index in [9.17, 15) is 4.79 Å². The van der Waals surface area contributed by atoms with Crippen molar-refractivity contribution in [3.05, 3.63) is 64.7 Å². The van der Waals surface area contributed by atoms with Gasteiger partial charge in [-0.05, 0) is 23.3 Å². The molecule has 0 aromatic heterocycles. The number of benzene rings is 2. The van der Waals surface area contributed by atoms with Crippen LogP contribution >= 0.6 is 11.6 Å². The quantitative estimate of drug-likeness (QED) is 0.643. The summed E-state index contributed by atoms with van der Waals surface area (Å²) in [5, 5.41) is 1.90. The SMILES string of the molecule is CC(C)(C)C(=O)N(Cc1ccc(N)cc1Cl)OCc1ccccc1. The number of nitrogen functional groups attached to an aromatic ring is 1. The second-order valence-corrected chi connectivity index (χ2v) is 7.11. The van der Waals surface area contributed by atoms with Crippen LogP contribution in [0.4, 0.5) is 5.69 Å². The minimum Gasteiger partial charge on any atom is -0.399 e. The summed E-state index contributed by atoms with van der Waals surface area (Å²) in [5.41, 5.74) is 7.53. The maximum atomic E-state index is 12.7. The van der Waals surface area contributed by atoms with Crippen molar-refractivity contribution < 1.29 is 9.63 Å². The van der Waals surface area contributed by atoms with Crippen molar-refractivity contribution >= 4 is 23.2 Å². The molecule has 4 nitrogen and oxygen atoms in total. The highest BCUT2D eigenvalue weighted by molar-refractivity contribution is 6.31. The molecule has 2 aromatic carbocycles. The summed E-state index contributed by atoms with van der Waals surface area (Å²) in [5.74, 6) is -0.105. The molecule has 0 fully saturated rings. The van der Waals surface area contributed by atoms with E-state index < -0.39 is 5.41 Å². The van der Waals surface area contributed by atoms with Crippen molar-refractivity contribution in [2.24, 2.45) is 5.41 Å². The normalized spacial score (nSPS) is 11.3. The summed E-state index contributed by atoms with van der Waals surface area (Å²) < 4.78 is 0. The number of carbonyl (C=O) groups excluding carboxylic acids is 1. The lowest BCUT2D eigenvalue weighted by Crippen LogP contribution is -2.39. The minimum absolute atomic E-state index is 0.105. The van der Waals surface area contributed by atoms with Crippen LogP contribution in [0.3, 0.4) is 0 Å². The Labute approximate surface area is 148 Å². The zero-order valence-electron chi connectivity index (χ0n) is 14.3. The monoisotopic (exact) mass is 346 g/mol. The summed E-state index contributed by atoms with van der Waals surface area (Å²) in [4.78, 5) is 18.5. The maximum absolute atomic E-state index is 12.7. The predicted molar refractivity (Wildman–Crippen MR) is 97.1 cm³/mol. The molecule has 0 bridgehead atoms. The van der Waals surface area contributed by atoms with Gasteiger partial charge in [0, 0.05) is 16.1 Å². The molecule has 1 amide bonds. The summed E-state index contributed by atoms with van der Waals surface area (Å²) in [6.45, 7) is 6.16. The van der Waals surface area contributed by atoms with E-state index in [2.05, 4.69) is 0 Å². The van der Waals surface area contributed by atoms with Crippen molar-refractivity contribution in [2.75, 3.05) is 5.73 Å². The van der Waals surface area contributed by atoms with Gasteiger partial charge in [0.05, 0.1) is 6.54 Å². The van der Waals surface area contributed by atoms with Gasteiger partial charge in [0.1, 0.15) is 6.61 Å². The van der Waals surface area contributed by atoms with Gasteiger partial charge in [0.25, 0.3) is 5.91 Å². The average Bonchev–Trinajstić information content (AvgIpc) is 2.53. The third-order valence-electron chi connectivity index (χ3n) is 3.49. The third-order valence-corrected chi connectivity index (χ3v) is 3.84. The Hall–Kier alpha value is -2.04. The zero-order chi connectivity index (χ0) is 17.7. The average molecular weight is 347 g/mol. The van der Waals surface area contributed by atoms with E-state index >= 15 is 0 Å². The first-order chi connectivity index (χ1) is 11.3. The lowest BCUT2D eigenvalue weighted by molar-refractivity contribution is -0.203. The van der Waals surface area contributed by atoms with E-state index in [-0.39, 0.29) is 12.5 Å². The number of hydrogen-bond donors (Lipinski definition) is 1. The first kappa shape index (κ1) is 18.3. The number of anilines is 1. The molecule has 0 atom stereocenters. The third kappa shape index (κ3) is 4.98. The van der Waals surface area contributed by atoms with E-state index in [1.165, 1.54) is 5.06 Å². The van der Waals surface area contributed by atoms with Crippen LogP contribution in [0.25, 0.3) is 0 Å². The molecular formula is C19H23ClN2O2. The van der Waals surface area contributed by atoms with Crippen LogP contribution in [0.15, 0.2) is 48.5 Å². The molecule has 0 unspecified atom stereocenters. The Bertz CT molecular complexity index is 696. The summed E-state index contributed by atoms with van der Waals surface area (Å²) in [6, 6.07) is 15.0. The highest BCUT2D eigenvalue weighted by atomic mass is 35.5. The molecule has 0 radical (unpaired) electrons. The number of amides is 1. The molecule has 0 heterocycles. The van der Waals surface area contributed by atoms with Gasteiger partial charge >= 0.3 is 0 Å². The number of hydroxylamine groups is 2. The topological polar surface area (TPSA) is 55.6 Å². The molecule has 2 rings (SSSR count). The summed E-state index contributed by atoms with van der Waals surface area (Å²) >= 11 is 6.24. The van der Waals surface area contributed by atoms with Gasteiger partial charge in [0.15, 0.2) is 0 Å². The molecule has 2 N–H and O–H groups in total. The fourth-order valence-electron chi connectivity index (χ4n) is 2.12. The Balaban J connectivity index is 2.17. The standard InChI is InChI=1S/C19H23ClN2O2/c1-19(2,3)18(23)22(24-13-14-7-5-4-6-8-14)12-15-9-10-16(21)11-17(15)20/h4-11H,12-13,21H2,1-3H3. The Morgan fingerprint density at radius 1 is 1.17 bits per heavy atom. The fraction of sp³-hybridized carbons (Fsp3) is 0.316. The lowest BCUT2D eigenvalue weighted by Gasteiger charge is -2.29. The number of nitrogens with two attached hydrogens (primary N) is 1. The van der Waals surface area contributed by atoms with Crippen molar-refractivity contribution in [3.8, 4) is 0 Å². The van der Waals surface area contributed by atoms with Crippen LogP contribution in [-0.2, 0) is 22.8 Å². The van der Waals surface area contributed by atoms with Crippen molar-refractivity contribution in [3.63, 3.8) is 0 Å². The lowest BCUT2D eigenvalue weighted by atomic mass is 9.95. The largest absolute Gasteiger partial charge is 0.399 e. The van der Waals surface area contributed by atoms with Crippen molar-refractivity contribution in [1.29, 1.82) is 0 Å². The highest BCUT2D eigenvalue weighted by Crippen LogP contribution is 2.24. The van der Waals surface area contributed by atoms with E-state index in [0.29, 0.717) is 17.3 Å². The molecule has 0 aliphatic heterocycles. The van der Waals surface area contributed by atoms with Crippen LogP contribution in [0, 0.1) is 5.41 Å². The van der Waals surface area contributed by atoms with E-state index in [0.717, 1.165) is 11.1 Å². The Morgan fingerprint density at radius 2 is 1.83 bits per heavy atom. The molecule has 0 spiro atoms. The number of rotatable bonds is 5. The van der Waals surface area contributed by atoms with Crippen LogP contribution in [0.5, 0.6) is 0 Å².